The van der Waals surface area contributed by atoms with E-state index in [1.807, 2.05) is 0 Å². The lowest BCUT2D eigenvalue weighted by Crippen LogP contribution is -2.24. The lowest BCUT2D eigenvalue weighted by atomic mass is 10.2. The van der Waals surface area contributed by atoms with Crippen molar-refractivity contribution < 1.29 is 13.2 Å². The zero-order valence-corrected chi connectivity index (χ0v) is 8.50. The highest BCUT2D eigenvalue weighted by Crippen LogP contribution is 2.32. The van der Waals surface area contributed by atoms with Crippen molar-refractivity contribution in [2.24, 2.45) is 4.99 Å². The topological polar surface area (TPSA) is 44.3 Å². The zero-order valence-electron chi connectivity index (χ0n) is 7.74. The minimum absolute atomic E-state index is 0.378. The first-order valence-corrected chi connectivity index (χ1v) is 4.58. The fraction of sp³-hybridized carbons (Fsp3) is 0.250. The summed E-state index contributed by atoms with van der Waals surface area (Å²) in [4.78, 5) is 10.3. The highest BCUT2D eigenvalue weighted by atomic mass is 35.5. The van der Waals surface area contributed by atoms with Gasteiger partial charge in [-0.15, -0.1) is 0 Å². The third-order valence-electron chi connectivity index (χ3n) is 1.94. The summed E-state index contributed by atoms with van der Waals surface area (Å²) in [6.45, 7) is 0. The van der Waals surface area contributed by atoms with Crippen molar-refractivity contribution in [3.63, 3.8) is 0 Å². The van der Waals surface area contributed by atoms with Crippen molar-refractivity contribution in [2.45, 2.75) is 12.3 Å². The number of H-pyrrole nitrogens is 1. The van der Waals surface area contributed by atoms with E-state index in [-0.39, 0.29) is 0 Å². The normalized spacial score (nSPS) is 21.1. The average Bonchev–Trinajstić information content (AvgIpc) is 2.69. The Kier molecular flexibility index (Phi) is 2.63. The van der Waals surface area contributed by atoms with Crippen molar-refractivity contribution in [1.29, 1.82) is 0 Å². The van der Waals surface area contributed by atoms with Gasteiger partial charge in [0, 0.05) is 36.6 Å². The Hall–Kier alpha value is -1.50. The second-order valence-electron chi connectivity index (χ2n) is 3.05. The molecule has 0 radical (unpaired) electrons. The molecule has 2 heterocycles. The van der Waals surface area contributed by atoms with E-state index in [0.717, 1.165) is 16.8 Å². The SMILES string of the molecule is FC(F)(F)C1=CN(Cl)C(c2ncc[nH]2)N=C1. The largest absolute Gasteiger partial charge is 0.419 e. The molecule has 0 spiro atoms. The molecule has 1 aromatic heterocycles. The van der Waals surface area contributed by atoms with E-state index in [2.05, 4.69) is 15.0 Å². The van der Waals surface area contributed by atoms with Gasteiger partial charge in [-0.1, -0.05) is 0 Å². The number of nitrogens with one attached hydrogen (secondary N) is 1. The van der Waals surface area contributed by atoms with Crippen LogP contribution in [0.5, 0.6) is 0 Å². The fourth-order valence-electron chi connectivity index (χ4n) is 1.20. The van der Waals surface area contributed by atoms with Gasteiger partial charge in [-0.2, -0.15) is 13.2 Å². The van der Waals surface area contributed by atoms with Crippen LogP contribution >= 0.6 is 11.8 Å². The summed E-state index contributed by atoms with van der Waals surface area (Å²) in [5.41, 5.74) is -0.898. The number of aromatic nitrogens is 2. The minimum Gasteiger partial charge on any atom is -0.345 e. The number of allylic oxidation sites excluding steroid dienone is 1. The number of rotatable bonds is 1. The van der Waals surface area contributed by atoms with Crippen LogP contribution in [-0.4, -0.2) is 26.8 Å². The van der Waals surface area contributed by atoms with E-state index in [9.17, 15) is 13.2 Å². The van der Waals surface area contributed by atoms with Crippen LogP contribution in [0.25, 0.3) is 0 Å². The molecule has 0 saturated carbocycles. The molecule has 0 fully saturated rings. The highest BCUT2D eigenvalue weighted by Gasteiger charge is 2.36. The molecule has 1 aliphatic rings. The molecule has 16 heavy (non-hydrogen) atoms. The molecule has 8 heteroatoms. The Morgan fingerprint density at radius 3 is 2.69 bits per heavy atom. The fourth-order valence-corrected chi connectivity index (χ4v) is 1.45. The van der Waals surface area contributed by atoms with Gasteiger partial charge in [0.1, 0.15) is 0 Å². The summed E-state index contributed by atoms with van der Waals surface area (Å²) in [5, 5.41) is 0. The first-order chi connectivity index (χ1) is 7.48. The van der Waals surface area contributed by atoms with E-state index in [4.69, 9.17) is 11.8 Å². The Balaban J connectivity index is 2.22. The summed E-state index contributed by atoms with van der Waals surface area (Å²) in [5.74, 6) is 0.378. The number of nitrogens with zero attached hydrogens (tertiary/aromatic N) is 3. The van der Waals surface area contributed by atoms with E-state index in [1.165, 1.54) is 6.20 Å². The quantitative estimate of drug-likeness (QED) is 0.778. The van der Waals surface area contributed by atoms with Gasteiger partial charge >= 0.3 is 6.18 Å². The third kappa shape index (κ3) is 2.04. The Morgan fingerprint density at radius 1 is 1.44 bits per heavy atom. The Morgan fingerprint density at radius 2 is 2.19 bits per heavy atom. The average molecular weight is 251 g/mol. The summed E-state index contributed by atoms with van der Waals surface area (Å²) >= 11 is 5.66. The highest BCUT2D eigenvalue weighted by molar-refractivity contribution is 6.14. The molecular weight excluding hydrogens is 245 g/mol. The molecule has 1 aromatic rings. The summed E-state index contributed by atoms with van der Waals surface area (Å²) in [7, 11) is 0. The molecule has 1 unspecified atom stereocenters. The van der Waals surface area contributed by atoms with Gasteiger partial charge in [0.15, 0.2) is 12.0 Å². The van der Waals surface area contributed by atoms with Crippen molar-refractivity contribution >= 4 is 18.0 Å². The van der Waals surface area contributed by atoms with Crippen molar-refractivity contribution in [3.8, 4) is 0 Å². The third-order valence-corrected chi connectivity index (χ3v) is 2.22. The van der Waals surface area contributed by atoms with Gasteiger partial charge in [0.2, 0.25) is 0 Å². The van der Waals surface area contributed by atoms with Crippen LogP contribution in [0.1, 0.15) is 12.0 Å². The predicted molar refractivity (Wildman–Crippen MR) is 51.7 cm³/mol. The lowest BCUT2D eigenvalue weighted by Gasteiger charge is -2.23. The van der Waals surface area contributed by atoms with Crippen molar-refractivity contribution in [2.75, 3.05) is 0 Å². The van der Waals surface area contributed by atoms with Gasteiger partial charge in [-0.25, -0.2) is 4.98 Å². The van der Waals surface area contributed by atoms with Crippen molar-refractivity contribution in [3.05, 3.63) is 30.0 Å². The molecule has 4 nitrogen and oxygen atoms in total. The molecular formula is C8H6ClF3N4. The molecule has 1 atom stereocenters. The number of imidazole rings is 1. The lowest BCUT2D eigenvalue weighted by molar-refractivity contribution is -0.0868. The van der Waals surface area contributed by atoms with Crippen LogP contribution in [0, 0.1) is 0 Å². The molecule has 86 valence electrons. The number of hydrogen-bond donors (Lipinski definition) is 1. The van der Waals surface area contributed by atoms with Gasteiger partial charge in [0.05, 0.1) is 5.57 Å². The summed E-state index contributed by atoms with van der Waals surface area (Å²) in [6.07, 6.45) is -0.682. The first kappa shape index (κ1) is 11.0. The molecule has 0 aromatic carbocycles. The molecule has 1 aliphatic heterocycles. The second kappa shape index (κ2) is 3.82. The van der Waals surface area contributed by atoms with E-state index in [1.54, 1.807) is 6.20 Å². The summed E-state index contributed by atoms with van der Waals surface area (Å²) in [6, 6.07) is 0. The predicted octanol–water partition coefficient (Wildman–Crippen LogP) is 2.39. The molecule has 0 bridgehead atoms. The molecule has 0 amide bonds. The smallest absolute Gasteiger partial charge is 0.345 e. The maximum absolute atomic E-state index is 12.3. The molecule has 0 saturated heterocycles. The standard InChI is InChI=1S/C8H6ClF3N4/c9-16-4-5(8(10,11)12)3-15-7(16)6-13-1-2-14-6/h1-4,7H,(H,13,14). The molecule has 0 aliphatic carbocycles. The minimum atomic E-state index is -4.45. The van der Waals surface area contributed by atoms with Gasteiger partial charge < -0.3 is 4.98 Å². The van der Waals surface area contributed by atoms with E-state index >= 15 is 0 Å². The van der Waals surface area contributed by atoms with Crippen LogP contribution in [0.4, 0.5) is 13.2 Å². The Bertz CT molecular complexity index is 423. The van der Waals surface area contributed by atoms with Crippen LogP contribution in [0.2, 0.25) is 0 Å². The summed E-state index contributed by atoms with van der Waals surface area (Å²) < 4.78 is 37.8. The van der Waals surface area contributed by atoms with E-state index in [0.29, 0.717) is 5.82 Å². The maximum atomic E-state index is 12.3. The van der Waals surface area contributed by atoms with Crippen molar-refractivity contribution in [1.82, 2.24) is 14.4 Å². The van der Waals surface area contributed by atoms with E-state index < -0.39 is 17.9 Å². The van der Waals surface area contributed by atoms with Gasteiger partial charge in [-0.3, -0.25) is 9.41 Å². The number of halogens is 4. The van der Waals surface area contributed by atoms with Crippen LogP contribution in [0.3, 0.4) is 0 Å². The van der Waals surface area contributed by atoms with Gasteiger partial charge in [-0.05, 0) is 0 Å². The number of alkyl halides is 3. The first-order valence-electron chi connectivity index (χ1n) is 4.24. The maximum Gasteiger partial charge on any atom is 0.419 e. The van der Waals surface area contributed by atoms with Crippen LogP contribution in [0.15, 0.2) is 29.2 Å². The number of hydrogen-bond acceptors (Lipinski definition) is 3. The van der Waals surface area contributed by atoms with Gasteiger partial charge in [0.25, 0.3) is 0 Å². The number of aromatic amines is 1. The van der Waals surface area contributed by atoms with Crippen LogP contribution < -0.4 is 0 Å². The molecule has 1 N–H and O–H groups in total. The zero-order chi connectivity index (χ0) is 11.8. The number of aliphatic imine (C=N–C) groups is 1. The monoisotopic (exact) mass is 250 g/mol. The Labute approximate surface area is 93.6 Å². The van der Waals surface area contributed by atoms with Crippen LogP contribution in [-0.2, 0) is 0 Å². The molecule has 2 rings (SSSR count). The second-order valence-corrected chi connectivity index (χ2v) is 3.44.